The predicted octanol–water partition coefficient (Wildman–Crippen LogP) is 0.825. The van der Waals surface area contributed by atoms with Gasteiger partial charge in [-0.1, -0.05) is 33.0 Å². The minimum absolute atomic E-state index is 0.542. The van der Waals surface area contributed by atoms with Gasteiger partial charge < -0.3 is 0 Å². The summed E-state index contributed by atoms with van der Waals surface area (Å²) in [4.78, 5) is 0. The molecule has 0 radical (unpaired) electrons. The lowest BCUT2D eigenvalue weighted by Gasteiger charge is -2.26. The summed E-state index contributed by atoms with van der Waals surface area (Å²) in [5, 5.41) is 0.542. The molecule has 0 aromatic heterocycles. The predicted molar refractivity (Wildman–Crippen MR) is 44.6 cm³/mol. The molecule has 0 saturated heterocycles. The fourth-order valence-corrected chi connectivity index (χ4v) is 0.408. The van der Waals surface area contributed by atoms with E-state index in [1.165, 1.54) is 7.17 Å². The lowest BCUT2D eigenvalue weighted by molar-refractivity contribution is 0.478. The van der Waals surface area contributed by atoms with E-state index in [1.807, 2.05) is 0 Å². The van der Waals surface area contributed by atoms with Gasteiger partial charge in [-0.15, -0.1) is 0 Å². The van der Waals surface area contributed by atoms with Gasteiger partial charge in [-0.2, -0.15) is 0 Å². The molecule has 0 atom stereocenters. The zero-order valence-corrected chi connectivity index (χ0v) is 6.78. The zero-order chi connectivity index (χ0) is 6.78. The molecule has 0 fully saturated rings. The highest BCUT2D eigenvalue weighted by Gasteiger charge is 2.19. The van der Waals surface area contributed by atoms with Crippen molar-refractivity contribution < 1.29 is 0 Å². The van der Waals surface area contributed by atoms with Gasteiger partial charge in [0.25, 0.3) is 0 Å². The normalized spacial score (nSPS) is 12.1. The summed E-state index contributed by atoms with van der Waals surface area (Å²) in [7, 11) is 3.53. The number of hydrogen-bond acceptors (Lipinski definition) is 0. The van der Waals surface area contributed by atoms with Crippen molar-refractivity contribution in [3.05, 3.63) is 0 Å². The Labute approximate surface area is 54.7 Å². The van der Waals surface area contributed by atoms with Crippen molar-refractivity contribution in [1.29, 1.82) is 0 Å². The Balaban J connectivity index is 3.71. The van der Waals surface area contributed by atoms with Crippen molar-refractivity contribution in [3.8, 4) is 0 Å². The van der Waals surface area contributed by atoms with Crippen LogP contribution >= 0.6 is 0 Å². The van der Waals surface area contributed by atoms with Crippen molar-refractivity contribution >= 4 is 14.9 Å². The summed E-state index contributed by atoms with van der Waals surface area (Å²) in [5.74, 6) is 0.812. The molecule has 0 aromatic carbocycles. The highest BCUT2D eigenvalue weighted by molar-refractivity contribution is 6.91. The first-order valence-corrected chi connectivity index (χ1v) is 3.50. The summed E-state index contributed by atoms with van der Waals surface area (Å²) < 4.78 is 0. The third-order valence-electron chi connectivity index (χ3n) is 2.47. The fraction of sp³-hybridized carbons (Fsp3) is 1.00. The van der Waals surface area contributed by atoms with E-state index in [2.05, 4.69) is 35.4 Å². The monoisotopic (exact) mass is 110 g/mol. The van der Waals surface area contributed by atoms with Crippen LogP contribution < -0.4 is 0 Å². The van der Waals surface area contributed by atoms with Gasteiger partial charge in [0.1, 0.15) is 0 Å². The topological polar surface area (TPSA) is 0 Å². The third-order valence-corrected chi connectivity index (χ3v) is 2.47. The Morgan fingerprint density at radius 1 is 1.38 bits per heavy atom. The van der Waals surface area contributed by atoms with Crippen LogP contribution in [0.4, 0.5) is 0 Å². The molecule has 0 spiro atoms. The second-order valence-electron chi connectivity index (χ2n) is 3.50. The highest BCUT2D eigenvalue weighted by atomic mass is 14.1. The maximum Gasteiger partial charge on any atom is 0.0896 e. The SMILES string of the molecule is BBC(C)(C)C(C)C. The molecule has 0 N–H and O–H groups in total. The lowest BCUT2D eigenvalue weighted by Crippen LogP contribution is -2.19. The van der Waals surface area contributed by atoms with E-state index in [4.69, 9.17) is 0 Å². The van der Waals surface area contributed by atoms with Crippen LogP contribution in [-0.4, -0.2) is 14.9 Å². The number of hydrogen-bond donors (Lipinski definition) is 0. The third kappa shape index (κ3) is 1.94. The Morgan fingerprint density at radius 2 is 1.75 bits per heavy atom. The summed E-state index contributed by atoms with van der Waals surface area (Å²) in [6.45, 7) is 9.20. The Bertz CT molecular complexity index is 66.9. The maximum atomic E-state index is 2.32. The summed E-state index contributed by atoms with van der Waals surface area (Å²) >= 11 is 0. The average molecular weight is 110 g/mol. The first kappa shape index (κ1) is 8.13. The van der Waals surface area contributed by atoms with Crippen LogP contribution in [0.25, 0.3) is 0 Å². The molecule has 0 aromatic rings. The quantitative estimate of drug-likeness (QED) is 0.461. The van der Waals surface area contributed by atoms with Gasteiger partial charge in [-0.3, -0.25) is 0 Å². The summed E-state index contributed by atoms with van der Waals surface area (Å²) in [6.07, 6.45) is 0. The van der Waals surface area contributed by atoms with Gasteiger partial charge in [0.2, 0.25) is 0 Å². The van der Waals surface area contributed by atoms with Crippen molar-refractivity contribution in [3.63, 3.8) is 0 Å². The Morgan fingerprint density at radius 3 is 1.75 bits per heavy atom. The van der Waals surface area contributed by atoms with Crippen molar-refractivity contribution in [2.45, 2.75) is 33.0 Å². The van der Waals surface area contributed by atoms with Gasteiger partial charge in [0, 0.05) is 0 Å². The first-order chi connectivity index (χ1) is 3.50. The molecule has 0 aliphatic carbocycles. The van der Waals surface area contributed by atoms with E-state index in [-0.39, 0.29) is 0 Å². The fourth-order valence-electron chi connectivity index (χ4n) is 0.408. The summed E-state index contributed by atoms with van der Waals surface area (Å²) in [5.41, 5.74) is 0. The molecule has 0 nitrogen and oxygen atoms in total. The average Bonchev–Trinajstić information content (AvgIpc) is 1.67. The van der Waals surface area contributed by atoms with Crippen LogP contribution in [-0.2, 0) is 0 Å². The lowest BCUT2D eigenvalue weighted by atomic mass is 9.37. The first-order valence-electron chi connectivity index (χ1n) is 3.50. The van der Waals surface area contributed by atoms with Crippen LogP contribution in [0.15, 0.2) is 0 Å². The second-order valence-corrected chi connectivity index (χ2v) is 3.50. The molecule has 0 aliphatic heterocycles. The summed E-state index contributed by atoms with van der Waals surface area (Å²) in [6, 6.07) is 0. The smallest absolute Gasteiger partial charge is 0.0673 e. The molecule has 46 valence electrons. The van der Waals surface area contributed by atoms with E-state index in [9.17, 15) is 0 Å². The molecule has 0 saturated carbocycles. The van der Waals surface area contributed by atoms with E-state index in [0.29, 0.717) is 5.31 Å². The molecule has 0 bridgehead atoms. The molecule has 0 rings (SSSR count). The maximum absolute atomic E-state index is 2.32. The molecule has 2 heteroatoms. The van der Waals surface area contributed by atoms with Crippen LogP contribution in [0.5, 0.6) is 0 Å². The minimum Gasteiger partial charge on any atom is -0.0673 e. The Kier molecular flexibility index (Phi) is 2.65. The van der Waals surface area contributed by atoms with Crippen LogP contribution in [0.1, 0.15) is 27.7 Å². The van der Waals surface area contributed by atoms with Crippen molar-refractivity contribution in [2.24, 2.45) is 5.92 Å². The van der Waals surface area contributed by atoms with E-state index >= 15 is 0 Å². The molecular formula is C6H16B2. The van der Waals surface area contributed by atoms with Gasteiger partial charge >= 0.3 is 0 Å². The number of rotatable bonds is 2. The molecule has 0 heterocycles. The van der Waals surface area contributed by atoms with Gasteiger partial charge in [-0.25, -0.2) is 0 Å². The standard InChI is InChI=1S/C6H16B2/c1-5(2)6(3,4)8-7/h5,8H,7H2,1-4H3. The van der Waals surface area contributed by atoms with Crippen molar-refractivity contribution in [1.82, 2.24) is 0 Å². The van der Waals surface area contributed by atoms with E-state index in [1.54, 1.807) is 0 Å². The Hall–Kier alpha value is 0.130. The van der Waals surface area contributed by atoms with Crippen LogP contribution in [0, 0.1) is 5.92 Å². The molecule has 0 amide bonds. The molecule has 8 heavy (non-hydrogen) atoms. The van der Waals surface area contributed by atoms with Crippen LogP contribution in [0.2, 0.25) is 5.31 Å². The molecule has 0 aliphatic rings. The highest BCUT2D eigenvalue weighted by Crippen LogP contribution is 2.31. The van der Waals surface area contributed by atoms with Crippen LogP contribution in [0.3, 0.4) is 0 Å². The van der Waals surface area contributed by atoms with Gasteiger partial charge in [0.15, 0.2) is 0 Å². The molecule has 0 unspecified atom stereocenters. The largest absolute Gasteiger partial charge is 0.0896 e. The minimum atomic E-state index is 0.542. The molecular weight excluding hydrogens is 93.7 g/mol. The van der Waals surface area contributed by atoms with Gasteiger partial charge in [0.05, 0.1) is 14.9 Å². The van der Waals surface area contributed by atoms with Crippen molar-refractivity contribution in [2.75, 3.05) is 0 Å². The second kappa shape index (κ2) is 2.61. The zero-order valence-electron chi connectivity index (χ0n) is 6.78. The van der Waals surface area contributed by atoms with E-state index < -0.39 is 0 Å². The van der Waals surface area contributed by atoms with Gasteiger partial charge in [-0.05, 0) is 5.92 Å². The van der Waals surface area contributed by atoms with E-state index in [0.717, 1.165) is 5.92 Å².